The number of pyridine rings is 1. The second-order valence-electron chi connectivity index (χ2n) is 5.23. The lowest BCUT2D eigenvalue weighted by Gasteiger charge is -1.94. The van der Waals surface area contributed by atoms with E-state index in [9.17, 15) is 0 Å². The van der Waals surface area contributed by atoms with E-state index in [1.807, 2.05) is 31.0 Å². The minimum atomic E-state index is 0.902. The monoisotopic (exact) mass is 262 g/mol. The number of aryl methyl sites for hydroxylation is 1. The third-order valence-electron chi connectivity index (χ3n) is 4.22. The van der Waals surface area contributed by atoms with Gasteiger partial charge in [0.05, 0.1) is 25.0 Å². The maximum Gasteiger partial charge on any atom is 0.292 e. The summed E-state index contributed by atoms with van der Waals surface area (Å²) in [5.41, 5.74) is 6.17. The first kappa shape index (κ1) is 10.1. The first-order chi connectivity index (χ1) is 9.84. The fraction of sp³-hybridized carbons (Fsp3) is 0.133. The van der Waals surface area contributed by atoms with Crippen molar-refractivity contribution < 1.29 is 4.57 Å². The molecule has 4 aromatic rings. The van der Waals surface area contributed by atoms with E-state index in [0.29, 0.717) is 0 Å². The molecular formula is C15H12N5+. The van der Waals surface area contributed by atoms with Crippen LogP contribution in [-0.4, -0.2) is 18.9 Å². The van der Waals surface area contributed by atoms with Gasteiger partial charge in [-0.25, -0.2) is 9.13 Å². The highest BCUT2D eigenvalue weighted by Gasteiger charge is 2.34. The van der Waals surface area contributed by atoms with Crippen LogP contribution in [0, 0.1) is 0 Å². The number of aromatic nitrogens is 5. The molecule has 0 fully saturated rings. The summed E-state index contributed by atoms with van der Waals surface area (Å²) in [6, 6.07) is 2.10. The number of fused-ring (bicyclic) bond motifs is 7. The van der Waals surface area contributed by atoms with Gasteiger partial charge in [0.1, 0.15) is 12.1 Å². The van der Waals surface area contributed by atoms with E-state index in [0.717, 1.165) is 12.1 Å². The minimum absolute atomic E-state index is 0.902. The van der Waals surface area contributed by atoms with Gasteiger partial charge >= 0.3 is 0 Å². The van der Waals surface area contributed by atoms with Crippen LogP contribution in [0.3, 0.4) is 0 Å². The van der Waals surface area contributed by atoms with E-state index in [-0.39, 0.29) is 0 Å². The average molecular weight is 262 g/mol. The summed E-state index contributed by atoms with van der Waals surface area (Å²) in [6.45, 7) is 0.902. The molecule has 1 aliphatic rings. The van der Waals surface area contributed by atoms with Crippen molar-refractivity contribution in [2.75, 3.05) is 0 Å². The standard InChI is InChI=1S/C15H12N5/c1-18-13-9-19-5-4-17-7-12(19)14(13)20-8-10-2-3-16-6-11(10)15(18)20/h2-7,9H,8H2,1H3/q+1. The molecule has 0 amide bonds. The van der Waals surface area contributed by atoms with Gasteiger partial charge in [0.15, 0.2) is 5.52 Å². The van der Waals surface area contributed by atoms with Crippen LogP contribution in [0.4, 0.5) is 0 Å². The number of rotatable bonds is 0. The molecule has 5 heterocycles. The Kier molecular flexibility index (Phi) is 1.65. The Morgan fingerprint density at radius 2 is 2.05 bits per heavy atom. The second kappa shape index (κ2) is 3.25. The van der Waals surface area contributed by atoms with Crippen LogP contribution in [0.25, 0.3) is 27.9 Å². The molecule has 0 saturated carbocycles. The number of nitrogens with zero attached hydrogens (tertiary/aromatic N) is 5. The van der Waals surface area contributed by atoms with Crippen LogP contribution in [-0.2, 0) is 13.6 Å². The Morgan fingerprint density at radius 1 is 1.15 bits per heavy atom. The summed E-state index contributed by atoms with van der Waals surface area (Å²) < 4.78 is 6.74. The molecule has 0 saturated heterocycles. The van der Waals surface area contributed by atoms with Crippen molar-refractivity contribution in [2.24, 2.45) is 7.05 Å². The van der Waals surface area contributed by atoms with Gasteiger partial charge in [0.25, 0.3) is 5.82 Å². The Bertz CT molecular complexity index is 992. The molecule has 5 heteroatoms. The van der Waals surface area contributed by atoms with Crippen molar-refractivity contribution in [1.82, 2.24) is 18.9 Å². The molecule has 1 aliphatic heterocycles. The maximum absolute atomic E-state index is 4.27. The van der Waals surface area contributed by atoms with Gasteiger partial charge in [-0.1, -0.05) is 0 Å². The highest BCUT2D eigenvalue weighted by atomic mass is 15.2. The molecule has 0 spiro atoms. The van der Waals surface area contributed by atoms with Gasteiger partial charge in [-0.15, -0.1) is 0 Å². The molecule has 5 nitrogen and oxygen atoms in total. The Balaban J connectivity index is 1.99. The molecule has 0 aromatic carbocycles. The predicted octanol–water partition coefficient (Wildman–Crippen LogP) is 1.54. The fourth-order valence-corrected chi connectivity index (χ4v) is 3.33. The SMILES string of the molecule is Cn1c2[n+](c3c1cn1ccncc31)Cc1ccncc1-2. The smallest absolute Gasteiger partial charge is 0.292 e. The van der Waals surface area contributed by atoms with Gasteiger partial charge in [-0.05, 0) is 6.07 Å². The molecule has 0 N–H and O–H groups in total. The number of hydrogen-bond donors (Lipinski definition) is 0. The maximum atomic E-state index is 4.27. The highest BCUT2D eigenvalue weighted by molar-refractivity contribution is 5.91. The van der Waals surface area contributed by atoms with Crippen molar-refractivity contribution in [3.63, 3.8) is 0 Å². The van der Waals surface area contributed by atoms with E-state index >= 15 is 0 Å². The quantitative estimate of drug-likeness (QED) is 0.397. The zero-order valence-corrected chi connectivity index (χ0v) is 11.0. The van der Waals surface area contributed by atoms with Crippen LogP contribution in [0.15, 0.2) is 43.2 Å². The zero-order chi connectivity index (χ0) is 13.3. The molecule has 96 valence electrons. The predicted molar refractivity (Wildman–Crippen MR) is 74.2 cm³/mol. The first-order valence-electron chi connectivity index (χ1n) is 6.61. The molecular weight excluding hydrogens is 250 g/mol. The van der Waals surface area contributed by atoms with Crippen molar-refractivity contribution in [3.05, 3.63) is 48.8 Å². The lowest BCUT2D eigenvalue weighted by Crippen LogP contribution is -2.31. The largest absolute Gasteiger partial charge is 0.313 e. The summed E-state index contributed by atoms with van der Waals surface area (Å²) in [5.74, 6) is 1.23. The van der Waals surface area contributed by atoms with Crippen LogP contribution in [0.2, 0.25) is 0 Å². The number of hydrogen-bond acceptors (Lipinski definition) is 2. The fourth-order valence-electron chi connectivity index (χ4n) is 3.33. The topological polar surface area (TPSA) is 39.0 Å². The van der Waals surface area contributed by atoms with E-state index in [2.05, 4.69) is 42.8 Å². The van der Waals surface area contributed by atoms with Crippen molar-refractivity contribution >= 4 is 16.6 Å². The molecule has 0 atom stereocenters. The van der Waals surface area contributed by atoms with Crippen LogP contribution >= 0.6 is 0 Å². The van der Waals surface area contributed by atoms with Crippen molar-refractivity contribution in [2.45, 2.75) is 6.54 Å². The molecule has 0 radical (unpaired) electrons. The molecule has 5 rings (SSSR count). The average Bonchev–Trinajstić information content (AvgIpc) is 3.10. The lowest BCUT2D eigenvalue weighted by molar-refractivity contribution is -0.645. The van der Waals surface area contributed by atoms with Crippen LogP contribution < -0.4 is 4.57 Å². The third kappa shape index (κ3) is 1.02. The molecule has 4 aromatic heterocycles. The molecule has 0 unspecified atom stereocenters. The van der Waals surface area contributed by atoms with E-state index < -0.39 is 0 Å². The summed E-state index contributed by atoms with van der Waals surface area (Å²) in [4.78, 5) is 8.53. The Hall–Kier alpha value is -2.69. The van der Waals surface area contributed by atoms with Gasteiger partial charge in [0, 0.05) is 30.4 Å². The van der Waals surface area contributed by atoms with Crippen molar-refractivity contribution in [3.8, 4) is 11.4 Å². The van der Waals surface area contributed by atoms with Crippen LogP contribution in [0.1, 0.15) is 5.56 Å². The summed E-state index contributed by atoms with van der Waals surface area (Å²) >= 11 is 0. The van der Waals surface area contributed by atoms with Gasteiger partial charge in [-0.3, -0.25) is 9.97 Å². The van der Waals surface area contributed by atoms with Gasteiger partial charge < -0.3 is 4.40 Å². The zero-order valence-electron chi connectivity index (χ0n) is 11.0. The third-order valence-corrected chi connectivity index (χ3v) is 4.22. The summed E-state index contributed by atoms with van der Waals surface area (Å²) in [7, 11) is 2.11. The highest BCUT2D eigenvalue weighted by Crippen LogP contribution is 2.31. The first-order valence-corrected chi connectivity index (χ1v) is 6.61. The second-order valence-corrected chi connectivity index (χ2v) is 5.23. The summed E-state index contributed by atoms with van der Waals surface area (Å²) in [6.07, 6.45) is 11.7. The minimum Gasteiger partial charge on any atom is -0.313 e. The Morgan fingerprint density at radius 3 is 3.00 bits per heavy atom. The number of imidazole rings is 1. The van der Waals surface area contributed by atoms with Crippen LogP contribution in [0.5, 0.6) is 0 Å². The lowest BCUT2D eigenvalue weighted by atomic mass is 10.2. The summed E-state index contributed by atoms with van der Waals surface area (Å²) in [5, 5.41) is 0. The van der Waals surface area contributed by atoms with E-state index in [4.69, 9.17) is 0 Å². The Labute approximate surface area is 114 Å². The normalized spacial score (nSPS) is 13.1. The van der Waals surface area contributed by atoms with Crippen molar-refractivity contribution in [1.29, 1.82) is 0 Å². The van der Waals surface area contributed by atoms with Gasteiger partial charge in [-0.2, -0.15) is 0 Å². The van der Waals surface area contributed by atoms with E-state index in [1.54, 1.807) is 0 Å². The molecule has 20 heavy (non-hydrogen) atoms. The van der Waals surface area contributed by atoms with E-state index in [1.165, 1.54) is 28.0 Å². The molecule has 0 aliphatic carbocycles. The van der Waals surface area contributed by atoms with Gasteiger partial charge in [0.2, 0.25) is 5.52 Å². The molecule has 0 bridgehead atoms.